The van der Waals surface area contributed by atoms with Crippen molar-refractivity contribution in [2.24, 2.45) is 5.92 Å². The van der Waals surface area contributed by atoms with Crippen molar-refractivity contribution in [2.75, 3.05) is 54.4 Å². The zero-order valence-electron chi connectivity index (χ0n) is 20.8. The van der Waals surface area contributed by atoms with Crippen LogP contribution in [-0.4, -0.2) is 90.8 Å². The van der Waals surface area contributed by atoms with E-state index in [1.807, 2.05) is 13.8 Å². The first kappa shape index (κ1) is 28.4. The van der Waals surface area contributed by atoms with Gasteiger partial charge in [-0.05, 0) is 64.3 Å². The van der Waals surface area contributed by atoms with Crippen molar-refractivity contribution in [1.82, 2.24) is 0 Å². The highest BCUT2D eigenvalue weighted by Crippen LogP contribution is 2.41. The summed E-state index contributed by atoms with van der Waals surface area (Å²) in [5.74, 6) is 0.760. The molecule has 32 heavy (non-hydrogen) atoms. The molecule has 3 rings (SSSR count). The molecule has 0 amide bonds. The van der Waals surface area contributed by atoms with Gasteiger partial charge in [-0.2, -0.15) is 0 Å². The second-order valence-electron chi connectivity index (χ2n) is 8.59. The van der Waals surface area contributed by atoms with Gasteiger partial charge in [0.15, 0.2) is 0 Å². The Morgan fingerprint density at radius 2 is 1.62 bits per heavy atom. The summed E-state index contributed by atoms with van der Waals surface area (Å²) in [5, 5.41) is 0. The number of hydrogen-bond acceptors (Lipinski definition) is 8. The molecule has 10 heteroatoms. The van der Waals surface area contributed by atoms with Gasteiger partial charge in [-0.1, -0.05) is 0 Å². The highest BCUT2D eigenvalue weighted by molar-refractivity contribution is 6.60. The predicted molar refractivity (Wildman–Crippen MR) is 127 cm³/mol. The monoisotopic (exact) mass is 494 g/mol. The normalized spacial score (nSPS) is 26.4. The van der Waals surface area contributed by atoms with Crippen molar-refractivity contribution in [2.45, 2.75) is 82.8 Å². The van der Waals surface area contributed by atoms with E-state index in [1.54, 1.807) is 21.3 Å². The number of unbranched alkanes of at least 4 members (excludes halogenated alkanes) is 1. The lowest BCUT2D eigenvalue weighted by Crippen LogP contribution is -2.43. The molecule has 4 unspecified atom stereocenters. The SMILES string of the molecule is CCO[SiH](CCCCOCC1CO1)OCC.CO[Si](CCC1CCC2OC2C1)(OC)OC. The zero-order valence-corrected chi connectivity index (χ0v) is 23.0. The van der Waals surface area contributed by atoms with Crippen LogP contribution in [0.5, 0.6) is 0 Å². The topological polar surface area (TPSA) is 80.4 Å². The van der Waals surface area contributed by atoms with E-state index in [0.717, 1.165) is 70.3 Å². The highest BCUT2D eigenvalue weighted by Gasteiger charge is 2.45. The van der Waals surface area contributed by atoms with E-state index >= 15 is 0 Å². The van der Waals surface area contributed by atoms with Crippen LogP contribution >= 0.6 is 0 Å². The van der Waals surface area contributed by atoms with Crippen LogP contribution in [0.15, 0.2) is 0 Å². The van der Waals surface area contributed by atoms with Gasteiger partial charge in [0.1, 0.15) is 6.10 Å². The predicted octanol–water partition coefficient (Wildman–Crippen LogP) is 3.30. The first-order valence-corrected chi connectivity index (χ1v) is 16.0. The van der Waals surface area contributed by atoms with Gasteiger partial charge in [0.2, 0.25) is 0 Å². The van der Waals surface area contributed by atoms with E-state index in [0.29, 0.717) is 18.3 Å². The van der Waals surface area contributed by atoms with Crippen molar-refractivity contribution in [3.63, 3.8) is 0 Å². The number of rotatable bonds is 17. The first-order chi connectivity index (χ1) is 15.6. The minimum Gasteiger partial charge on any atom is -0.397 e. The molecule has 0 N–H and O–H groups in total. The molecule has 190 valence electrons. The molecule has 0 bridgehead atoms. The fourth-order valence-electron chi connectivity index (χ4n) is 4.17. The largest absolute Gasteiger partial charge is 0.500 e. The first-order valence-electron chi connectivity index (χ1n) is 12.3. The molecule has 0 aromatic carbocycles. The van der Waals surface area contributed by atoms with Crippen molar-refractivity contribution < 1.29 is 36.3 Å². The van der Waals surface area contributed by atoms with Crippen LogP contribution < -0.4 is 0 Å². The summed E-state index contributed by atoms with van der Waals surface area (Å²) < 4.78 is 43.5. The van der Waals surface area contributed by atoms with Crippen LogP contribution in [0.1, 0.15) is 52.4 Å². The standard InChI is InChI=1S/C11H22O4Si.C11H24O4Si/c1-12-16(13-2,14-3)7-6-9-4-5-10-11(8-9)15-10;1-3-14-16(15-4-2)8-6-5-7-12-9-11-10-13-11/h9-11H,4-8H2,1-3H3;11,16H,3-10H2,1-2H3. The number of epoxide rings is 2. The van der Waals surface area contributed by atoms with E-state index in [2.05, 4.69) is 0 Å². The summed E-state index contributed by atoms with van der Waals surface area (Å²) in [6.07, 6.45) is 8.63. The Morgan fingerprint density at radius 1 is 0.938 bits per heavy atom. The highest BCUT2D eigenvalue weighted by atomic mass is 28.4. The Morgan fingerprint density at radius 3 is 2.19 bits per heavy atom. The van der Waals surface area contributed by atoms with Gasteiger partial charge >= 0.3 is 18.1 Å². The Balaban J connectivity index is 0.000000227. The molecule has 1 saturated carbocycles. The van der Waals surface area contributed by atoms with Crippen LogP contribution in [0, 0.1) is 5.92 Å². The molecule has 2 heterocycles. The van der Waals surface area contributed by atoms with E-state index in [1.165, 1.54) is 19.3 Å². The van der Waals surface area contributed by atoms with Crippen molar-refractivity contribution in [3.05, 3.63) is 0 Å². The smallest absolute Gasteiger partial charge is 0.397 e. The number of ether oxygens (including phenoxy) is 3. The van der Waals surface area contributed by atoms with E-state index in [4.69, 9.17) is 36.3 Å². The van der Waals surface area contributed by atoms with Crippen LogP contribution in [-0.2, 0) is 36.3 Å². The molecule has 1 aliphatic carbocycles. The van der Waals surface area contributed by atoms with Gasteiger partial charge in [-0.3, -0.25) is 0 Å². The van der Waals surface area contributed by atoms with E-state index < -0.39 is 18.1 Å². The van der Waals surface area contributed by atoms with Crippen molar-refractivity contribution in [1.29, 1.82) is 0 Å². The lowest BCUT2D eigenvalue weighted by molar-refractivity contribution is 0.113. The van der Waals surface area contributed by atoms with Crippen LogP contribution in [0.25, 0.3) is 0 Å². The molecular formula is C22H46O8Si2. The molecule has 3 aliphatic rings. The van der Waals surface area contributed by atoms with Crippen LogP contribution in [0.4, 0.5) is 0 Å². The van der Waals surface area contributed by atoms with Gasteiger partial charge in [-0.15, -0.1) is 0 Å². The molecule has 0 spiro atoms. The summed E-state index contributed by atoms with van der Waals surface area (Å²) in [6, 6.07) is 2.00. The second-order valence-corrected chi connectivity index (χ2v) is 13.8. The number of hydrogen-bond donors (Lipinski definition) is 0. The summed E-state index contributed by atoms with van der Waals surface area (Å²) in [7, 11) is 1.32. The third-order valence-electron chi connectivity index (χ3n) is 6.29. The molecular weight excluding hydrogens is 448 g/mol. The molecule has 0 radical (unpaired) electrons. The second kappa shape index (κ2) is 15.9. The maximum Gasteiger partial charge on any atom is 0.500 e. The minimum atomic E-state index is -2.35. The summed E-state index contributed by atoms with van der Waals surface area (Å²) in [5.41, 5.74) is 0. The Labute approximate surface area is 197 Å². The molecule has 0 aromatic heterocycles. The molecule has 2 saturated heterocycles. The average Bonchev–Trinajstić information content (AvgIpc) is 3.73. The van der Waals surface area contributed by atoms with Crippen LogP contribution in [0.2, 0.25) is 12.1 Å². The summed E-state index contributed by atoms with van der Waals surface area (Å²) in [6.45, 7) is 8.06. The molecule has 0 aromatic rings. The summed E-state index contributed by atoms with van der Waals surface area (Å²) in [4.78, 5) is 0. The zero-order chi connectivity index (χ0) is 23.2. The third kappa shape index (κ3) is 11.0. The van der Waals surface area contributed by atoms with Gasteiger partial charge in [0.05, 0.1) is 25.4 Å². The van der Waals surface area contributed by atoms with Gasteiger partial charge in [0, 0.05) is 47.2 Å². The van der Waals surface area contributed by atoms with Crippen molar-refractivity contribution >= 4 is 18.1 Å². The molecule has 2 aliphatic heterocycles. The van der Waals surface area contributed by atoms with Gasteiger partial charge < -0.3 is 36.3 Å². The van der Waals surface area contributed by atoms with Gasteiger partial charge in [-0.25, -0.2) is 0 Å². The van der Waals surface area contributed by atoms with Gasteiger partial charge in [0.25, 0.3) is 0 Å². The minimum absolute atomic E-state index is 0.383. The fourth-order valence-corrected chi connectivity index (χ4v) is 7.84. The maximum atomic E-state index is 5.59. The maximum absolute atomic E-state index is 5.59. The average molecular weight is 495 g/mol. The van der Waals surface area contributed by atoms with E-state index in [9.17, 15) is 0 Å². The Hall–Kier alpha value is 0.114. The molecule has 3 fully saturated rings. The molecule has 8 nitrogen and oxygen atoms in total. The number of fused-ring (bicyclic) bond motifs is 1. The van der Waals surface area contributed by atoms with Crippen LogP contribution in [0.3, 0.4) is 0 Å². The summed E-state index contributed by atoms with van der Waals surface area (Å²) >= 11 is 0. The lowest BCUT2D eigenvalue weighted by Gasteiger charge is -2.27. The van der Waals surface area contributed by atoms with E-state index in [-0.39, 0.29) is 0 Å². The Bertz CT molecular complexity index is 465. The molecule has 4 atom stereocenters. The fraction of sp³-hybridized carbons (Fsp3) is 1.00. The quantitative estimate of drug-likeness (QED) is 0.173. The van der Waals surface area contributed by atoms with Crippen molar-refractivity contribution in [3.8, 4) is 0 Å². The third-order valence-corrected chi connectivity index (χ3v) is 11.4. The lowest BCUT2D eigenvalue weighted by atomic mass is 9.88. The Kier molecular flexibility index (Phi) is 14.1.